The van der Waals surface area contributed by atoms with Crippen molar-refractivity contribution in [3.05, 3.63) is 59.3 Å². The highest BCUT2D eigenvalue weighted by molar-refractivity contribution is 5.85. The Bertz CT molecular complexity index is 993. The van der Waals surface area contributed by atoms with E-state index in [9.17, 15) is 0 Å². The zero-order valence-electron chi connectivity index (χ0n) is 14.7. The van der Waals surface area contributed by atoms with E-state index < -0.39 is 0 Å². The summed E-state index contributed by atoms with van der Waals surface area (Å²) in [6.45, 7) is 2.68. The quantitative estimate of drug-likeness (QED) is 0.711. The van der Waals surface area contributed by atoms with Gasteiger partial charge in [0.15, 0.2) is 11.5 Å². The van der Waals surface area contributed by atoms with Crippen LogP contribution in [-0.4, -0.2) is 29.8 Å². The maximum Gasteiger partial charge on any atom is 0.231 e. The summed E-state index contributed by atoms with van der Waals surface area (Å²) < 4.78 is 11.1. The summed E-state index contributed by atoms with van der Waals surface area (Å²) in [5.41, 5.74) is 5.65. The molecule has 0 aliphatic carbocycles. The molecule has 2 aromatic carbocycles. The molecule has 6 rings (SSSR count). The number of nitrogens with one attached hydrogen (secondary N) is 1. The van der Waals surface area contributed by atoms with Crippen LogP contribution in [0.4, 0.5) is 0 Å². The van der Waals surface area contributed by atoms with E-state index in [1.54, 1.807) is 0 Å². The van der Waals surface area contributed by atoms with E-state index in [-0.39, 0.29) is 0 Å². The number of fused-ring (bicyclic) bond motifs is 6. The molecule has 0 spiro atoms. The Morgan fingerprint density at radius 1 is 1.00 bits per heavy atom. The van der Waals surface area contributed by atoms with Gasteiger partial charge in [-0.1, -0.05) is 24.3 Å². The minimum atomic E-state index is 0.346. The second-order valence-electron chi connectivity index (χ2n) is 7.70. The van der Waals surface area contributed by atoms with Crippen LogP contribution in [0.2, 0.25) is 0 Å². The molecule has 4 heteroatoms. The molecular formula is C22H22N2O2. The summed E-state index contributed by atoms with van der Waals surface area (Å²) in [6, 6.07) is 15.8. The Balaban J connectivity index is 1.38. The number of hydrogen-bond acceptors (Lipinski definition) is 3. The van der Waals surface area contributed by atoms with Crippen LogP contribution in [-0.2, 0) is 6.42 Å². The van der Waals surface area contributed by atoms with Crippen LogP contribution >= 0.6 is 0 Å². The molecule has 2 unspecified atom stereocenters. The third-order valence-corrected chi connectivity index (χ3v) is 6.39. The van der Waals surface area contributed by atoms with Gasteiger partial charge in [0, 0.05) is 35.6 Å². The molecule has 3 aromatic rings. The third-order valence-electron chi connectivity index (χ3n) is 6.39. The van der Waals surface area contributed by atoms with E-state index in [2.05, 4.69) is 52.3 Å². The van der Waals surface area contributed by atoms with Crippen molar-refractivity contribution in [3.63, 3.8) is 0 Å². The number of aromatic nitrogens is 1. The van der Waals surface area contributed by atoms with Crippen LogP contribution in [0.5, 0.6) is 11.5 Å². The first-order valence-electron chi connectivity index (χ1n) is 9.60. The highest BCUT2D eigenvalue weighted by atomic mass is 16.7. The summed E-state index contributed by atoms with van der Waals surface area (Å²) in [7, 11) is 0. The summed E-state index contributed by atoms with van der Waals surface area (Å²) in [5, 5.41) is 1.41. The van der Waals surface area contributed by atoms with Gasteiger partial charge in [-0.15, -0.1) is 0 Å². The first-order valence-corrected chi connectivity index (χ1v) is 9.60. The fourth-order valence-electron chi connectivity index (χ4n) is 5.10. The van der Waals surface area contributed by atoms with E-state index in [0.717, 1.165) is 17.9 Å². The lowest BCUT2D eigenvalue weighted by Gasteiger charge is -2.42. The van der Waals surface area contributed by atoms with Crippen molar-refractivity contribution < 1.29 is 9.47 Å². The molecule has 0 bridgehead atoms. The lowest BCUT2D eigenvalue weighted by molar-refractivity contribution is 0.126. The van der Waals surface area contributed by atoms with Crippen molar-refractivity contribution in [1.29, 1.82) is 0 Å². The van der Waals surface area contributed by atoms with Crippen LogP contribution in [0, 0.1) is 0 Å². The lowest BCUT2D eigenvalue weighted by atomic mass is 9.80. The van der Waals surface area contributed by atoms with Crippen molar-refractivity contribution in [2.75, 3.05) is 19.9 Å². The van der Waals surface area contributed by atoms with Gasteiger partial charge in [0.1, 0.15) is 0 Å². The molecule has 1 saturated heterocycles. The first-order chi connectivity index (χ1) is 12.9. The molecule has 3 aliphatic heterocycles. The number of H-pyrrole nitrogens is 1. The van der Waals surface area contributed by atoms with E-state index in [4.69, 9.17) is 9.47 Å². The van der Waals surface area contributed by atoms with Gasteiger partial charge in [-0.3, -0.25) is 4.90 Å². The molecule has 1 aromatic heterocycles. The Morgan fingerprint density at radius 3 is 2.92 bits per heavy atom. The number of rotatable bonds is 1. The molecule has 1 N–H and O–H groups in total. The Labute approximate surface area is 152 Å². The van der Waals surface area contributed by atoms with Gasteiger partial charge in [0.25, 0.3) is 0 Å². The minimum Gasteiger partial charge on any atom is -0.454 e. The van der Waals surface area contributed by atoms with Gasteiger partial charge < -0.3 is 14.5 Å². The molecule has 4 heterocycles. The van der Waals surface area contributed by atoms with E-state index >= 15 is 0 Å². The van der Waals surface area contributed by atoms with E-state index in [1.165, 1.54) is 53.7 Å². The number of aromatic amines is 1. The average Bonchev–Trinajstić information content (AvgIpc) is 3.31. The third kappa shape index (κ3) is 2.12. The highest BCUT2D eigenvalue weighted by Crippen LogP contribution is 2.46. The smallest absolute Gasteiger partial charge is 0.231 e. The molecule has 2 atom stereocenters. The lowest BCUT2D eigenvalue weighted by Crippen LogP contribution is -2.40. The van der Waals surface area contributed by atoms with Gasteiger partial charge in [-0.25, -0.2) is 0 Å². The number of hydrogen-bond donors (Lipinski definition) is 1. The normalized spacial score (nSPS) is 24.5. The van der Waals surface area contributed by atoms with Crippen molar-refractivity contribution in [3.8, 4) is 11.5 Å². The maximum absolute atomic E-state index is 5.60. The molecule has 1 fully saturated rings. The fourth-order valence-corrected chi connectivity index (χ4v) is 5.10. The van der Waals surface area contributed by atoms with Crippen molar-refractivity contribution in [1.82, 2.24) is 9.88 Å². The van der Waals surface area contributed by atoms with Crippen molar-refractivity contribution in [2.45, 2.75) is 31.2 Å². The summed E-state index contributed by atoms with van der Waals surface area (Å²) >= 11 is 0. The summed E-state index contributed by atoms with van der Waals surface area (Å²) in [6.07, 6.45) is 3.53. The number of piperidine rings is 1. The molecule has 4 nitrogen and oxygen atoms in total. The van der Waals surface area contributed by atoms with Crippen LogP contribution in [0.3, 0.4) is 0 Å². The molecule has 3 aliphatic rings. The topological polar surface area (TPSA) is 37.5 Å². The SMILES string of the molecule is c1ccc2c3c([nH]c2c1)CCN1CCC(c2ccc4c(c2)OCO4)CC31. The van der Waals surface area contributed by atoms with Gasteiger partial charge >= 0.3 is 0 Å². The van der Waals surface area contributed by atoms with E-state index in [1.807, 2.05) is 0 Å². The predicted molar refractivity (Wildman–Crippen MR) is 101 cm³/mol. The molecule has 0 amide bonds. The number of nitrogens with zero attached hydrogens (tertiary/aromatic N) is 1. The second kappa shape index (κ2) is 5.52. The fraction of sp³-hybridized carbons (Fsp3) is 0.364. The molecule has 132 valence electrons. The summed E-state index contributed by atoms with van der Waals surface area (Å²) in [4.78, 5) is 6.36. The van der Waals surface area contributed by atoms with Gasteiger partial charge in [0.05, 0.1) is 0 Å². The first kappa shape index (κ1) is 14.7. The molecule has 0 saturated carbocycles. The zero-order chi connectivity index (χ0) is 17.1. The molecule has 0 radical (unpaired) electrons. The Morgan fingerprint density at radius 2 is 1.92 bits per heavy atom. The number of benzene rings is 2. The van der Waals surface area contributed by atoms with E-state index in [0.29, 0.717) is 18.8 Å². The predicted octanol–water partition coefficient (Wildman–Crippen LogP) is 4.37. The minimum absolute atomic E-state index is 0.346. The number of para-hydroxylation sites is 1. The second-order valence-corrected chi connectivity index (χ2v) is 7.70. The largest absolute Gasteiger partial charge is 0.454 e. The van der Waals surface area contributed by atoms with Crippen LogP contribution in [0.25, 0.3) is 10.9 Å². The van der Waals surface area contributed by atoms with Gasteiger partial charge in [0.2, 0.25) is 6.79 Å². The number of ether oxygens (including phenoxy) is 2. The van der Waals surface area contributed by atoms with Gasteiger partial charge in [-0.05, 0) is 54.6 Å². The van der Waals surface area contributed by atoms with Crippen molar-refractivity contribution in [2.24, 2.45) is 0 Å². The Kier molecular flexibility index (Phi) is 3.12. The monoisotopic (exact) mass is 346 g/mol. The van der Waals surface area contributed by atoms with Crippen LogP contribution in [0.1, 0.15) is 41.6 Å². The summed E-state index contributed by atoms with van der Waals surface area (Å²) in [5.74, 6) is 2.36. The highest BCUT2D eigenvalue weighted by Gasteiger charge is 2.36. The molecular weight excluding hydrogens is 324 g/mol. The zero-order valence-corrected chi connectivity index (χ0v) is 14.7. The maximum atomic E-state index is 5.60. The Hall–Kier alpha value is -2.46. The van der Waals surface area contributed by atoms with Gasteiger partial charge in [-0.2, -0.15) is 0 Å². The van der Waals surface area contributed by atoms with Crippen LogP contribution < -0.4 is 9.47 Å². The van der Waals surface area contributed by atoms with Crippen molar-refractivity contribution >= 4 is 10.9 Å². The molecule has 26 heavy (non-hydrogen) atoms. The van der Waals surface area contributed by atoms with Crippen LogP contribution in [0.15, 0.2) is 42.5 Å². The standard InChI is InChI=1S/C22H22N2O2/c1-2-4-17-16(3-1)22-18(23-17)8-10-24-9-7-15(11-19(22)24)14-5-6-20-21(12-14)26-13-25-20/h1-6,12,15,19,23H,7-11,13H2. The average molecular weight is 346 g/mol.